The van der Waals surface area contributed by atoms with Crippen LogP contribution < -0.4 is 10.6 Å². The highest BCUT2D eigenvalue weighted by Gasteiger charge is 2.27. The van der Waals surface area contributed by atoms with Gasteiger partial charge in [-0.3, -0.25) is 4.79 Å². The Hall–Kier alpha value is -1.68. The topological polar surface area (TPSA) is 58.2 Å². The van der Waals surface area contributed by atoms with Crippen LogP contribution in [0.5, 0.6) is 0 Å². The van der Waals surface area contributed by atoms with Gasteiger partial charge in [0.2, 0.25) is 5.91 Å². The smallest absolute Gasteiger partial charge is 0.237 e. The van der Waals surface area contributed by atoms with Crippen LogP contribution in [0.3, 0.4) is 0 Å². The second-order valence-electron chi connectivity index (χ2n) is 5.10. The molecule has 4 nitrogen and oxygen atoms in total. The second kappa shape index (κ2) is 6.48. The third-order valence-electron chi connectivity index (χ3n) is 3.40. The van der Waals surface area contributed by atoms with Crippen LogP contribution in [-0.4, -0.2) is 30.3 Å². The lowest BCUT2D eigenvalue weighted by Gasteiger charge is -2.30. The van der Waals surface area contributed by atoms with Gasteiger partial charge in [-0.2, -0.15) is 0 Å². The minimum Gasteiger partial charge on any atom is -0.351 e. The quantitative estimate of drug-likeness (QED) is 0.832. The number of rotatable bonds is 5. The number of hydrogen-bond donors (Lipinski definition) is 2. The lowest BCUT2D eigenvalue weighted by molar-refractivity contribution is -0.126. The van der Waals surface area contributed by atoms with Crippen molar-refractivity contribution in [2.75, 3.05) is 6.54 Å². The number of piperazine rings is 1. The van der Waals surface area contributed by atoms with Gasteiger partial charge in [0.05, 0.1) is 6.04 Å². The molecule has 1 aliphatic heterocycles. The summed E-state index contributed by atoms with van der Waals surface area (Å²) in [4.78, 5) is 22.9. The zero-order valence-electron chi connectivity index (χ0n) is 11.2. The number of ketones is 1. The molecular weight excluding hydrogens is 240 g/mol. The van der Waals surface area contributed by atoms with Crippen molar-refractivity contribution in [1.82, 2.24) is 10.6 Å². The first-order valence-corrected chi connectivity index (χ1v) is 6.72. The van der Waals surface area contributed by atoms with Crippen molar-refractivity contribution in [1.29, 1.82) is 0 Å². The SMILES string of the molecule is CC(=O)CC[C@H]1CN[C@@H](Cc2ccccc2)C(=O)N1. The summed E-state index contributed by atoms with van der Waals surface area (Å²) in [6, 6.07) is 9.88. The predicted octanol–water partition coefficient (Wildman–Crippen LogP) is 1.05. The van der Waals surface area contributed by atoms with E-state index in [9.17, 15) is 9.59 Å². The van der Waals surface area contributed by atoms with Crippen molar-refractivity contribution in [3.05, 3.63) is 35.9 Å². The van der Waals surface area contributed by atoms with Gasteiger partial charge in [-0.05, 0) is 25.3 Å². The van der Waals surface area contributed by atoms with E-state index >= 15 is 0 Å². The van der Waals surface area contributed by atoms with E-state index in [1.807, 2.05) is 30.3 Å². The Morgan fingerprint density at radius 2 is 2.05 bits per heavy atom. The Balaban J connectivity index is 1.84. The Morgan fingerprint density at radius 3 is 2.68 bits per heavy atom. The largest absolute Gasteiger partial charge is 0.351 e. The number of nitrogens with one attached hydrogen (secondary N) is 2. The number of amides is 1. The van der Waals surface area contributed by atoms with E-state index in [0.29, 0.717) is 19.3 Å². The van der Waals surface area contributed by atoms with Gasteiger partial charge in [-0.1, -0.05) is 30.3 Å². The normalized spacial score (nSPS) is 22.9. The van der Waals surface area contributed by atoms with Crippen LogP contribution in [0.1, 0.15) is 25.3 Å². The maximum absolute atomic E-state index is 12.0. The molecule has 0 aliphatic carbocycles. The molecule has 0 radical (unpaired) electrons. The molecule has 1 amide bonds. The van der Waals surface area contributed by atoms with E-state index in [0.717, 1.165) is 12.1 Å². The summed E-state index contributed by atoms with van der Waals surface area (Å²) in [6.07, 6.45) is 1.94. The summed E-state index contributed by atoms with van der Waals surface area (Å²) in [5, 5.41) is 6.26. The van der Waals surface area contributed by atoms with E-state index < -0.39 is 0 Å². The Kier molecular flexibility index (Phi) is 4.68. The van der Waals surface area contributed by atoms with Crippen LogP contribution in [0.4, 0.5) is 0 Å². The fourth-order valence-electron chi connectivity index (χ4n) is 2.30. The van der Waals surface area contributed by atoms with Gasteiger partial charge in [-0.15, -0.1) is 0 Å². The summed E-state index contributed by atoms with van der Waals surface area (Å²) in [6.45, 7) is 2.31. The van der Waals surface area contributed by atoms with Crippen LogP contribution >= 0.6 is 0 Å². The van der Waals surface area contributed by atoms with E-state index in [1.165, 1.54) is 0 Å². The number of carbonyl (C=O) groups is 2. The van der Waals surface area contributed by atoms with Gasteiger partial charge in [-0.25, -0.2) is 0 Å². The fourth-order valence-corrected chi connectivity index (χ4v) is 2.30. The number of benzene rings is 1. The lowest BCUT2D eigenvalue weighted by atomic mass is 10.0. The highest BCUT2D eigenvalue weighted by molar-refractivity contribution is 5.83. The molecular formula is C15H20N2O2. The molecule has 0 bridgehead atoms. The first-order valence-electron chi connectivity index (χ1n) is 6.72. The molecule has 2 atom stereocenters. The molecule has 0 unspecified atom stereocenters. The van der Waals surface area contributed by atoms with Crippen LogP contribution in [-0.2, 0) is 16.0 Å². The van der Waals surface area contributed by atoms with E-state index in [-0.39, 0.29) is 23.8 Å². The van der Waals surface area contributed by atoms with Crippen LogP contribution in [0, 0.1) is 0 Å². The summed E-state index contributed by atoms with van der Waals surface area (Å²) in [7, 11) is 0. The predicted molar refractivity (Wildman–Crippen MR) is 73.8 cm³/mol. The summed E-state index contributed by atoms with van der Waals surface area (Å²) in [5.74, 6) is 0.198. The molecule has 1 heterocycles. The third kappa shape index (κ3) is 4.17. The van der Waals surface area contributed by atoms with Gasteiger partial charge < -0.3 is 15.4 Å². The number of carbonyl (C=O) groups excluding carboxylic acids is 2. The first kappa shape index (κ1) is 13.7. The molecule has 2 N–H and O–H groups in total. The van der Waals surface area contributed by atoms with Crippen LogP contribution in [0.15, 0.2) is 30.3 Å². The van der Waals surface area contributed by atoms with Gasteiger partial charge in [0, 0.05) is 19.0 Å². The molecule has 19 heavy (non-hydrogen) atoms. The lowest BCUT2D eigenvalue weighted by Crippen LogP contribution is -2.58. The molecule has 0 spiro atoms. The zero-order chi connectivity index (χ0) is 13.7. The van der Waals surface area contributed by atoms with Crippen LogP contribution in [0.2, 0.25) is 0 Å². The van der Waals surface area contributed by atoms with E-state index in [4.69, 9.17) is 0 Å². The first-order chi connectivity index (χ1) is 9.15. The fraction of sp³-hybridized carbons (Fsp3) is 0.467. The molecule has 2 rings (SSSR count). The van der Waals surface area contributed by atoms with Crippen molar-refractivity contribution in [2.45, 2.75) is 38.3 Å². The molecule has 1 aliphatic rings. The van der Waals surface area contributed by atoms with E-state index in [2.05, 4.69) is 10.6 Å². The van der Waals surface area contributed by atoms with Crippen LogP contribution in [0.25, 0.3) is 0 Å². The molecule has 0 saturated carbocycles. The maximum atomic E-state index is 12.0. The van der Waals surface area contributed by atoms with Crippen molar-refractivity contribution >= 4 is 11.7 Å². The summed E-state index contributed by atoms with van der Waals surface area (Å²) in [5.41, 5.74) is 1.15. The van der Waals surface area contributed by atoms with Crippen molar-refractivity contribution in [3.8, 4) is 0 Å². The molecule has 1 aromatic rings. The van der Waals surface area contributed by atoms with Gasteiger partial charge in [0.1, 0.15) is 5.78 Å². The molecule has 4 heteroatoms. The monoisotopic (exact) mass is 260 g/mol. The van der Waals surface area contributed by atoms with Crippen molar-refractivity contribution in [2.24, 2.45) is 0 Å². The second-order valence-corrected chi connectivity index (χ2v) is 5.10. The standard InChI is InChI=1S/C15H20N2O2/c1-11(18)7-8-13-10-16-14(15(19)17-13)9-12-5-3-2-4-6-12/h2-6,13-14,16H,7-10H2,1H3,(H,17,19)/t13-,14-/m0/s1. The highest BCUT2D eigenvalue weighted by Crippen LogP contribution is 2.08. The number of hydrogen-bond acceptors (Lipinski definition) is 3. The third-order valence-corrected chi connectivity index (χ3v) is 3.40. The number of Topliss-reactive ketones (excluding diaryl/α,β-unsaturated/α-hetero) is 1. The van der Waals surface area contributed by atoms with Gasteiger partial charge in [0.15, 0.2) is 0 Å². The zero-order valence-corrected chi connectivity index (χ0v) is 11.2. The van der Waals surface area contributed by atoms with E-state index in [1.54, 1.807) is 6.92 Å². The molecule has 1 aromatic carbocycles. The van der Waals surface area contributed by atoms with Gasteiger partial charge >= 0.3 is 0 Å². The molecule has 102 valence electrons. The molecule has 1 saturated heterocycles. The highest BCUT2D eigenvalue weighted by atomic mass is 16.2. The van der Waals surface area contributed by atoms with Crippen molar-refractivity contribution < 1.29 is 9.59 Å². The Labute approximate surface area is 113 Å². The Bertz CT molecular complexity index is 445. The minimum atomic E-state index is -0.170. The Morgan fingerprint density at radius 1 is 1.32 bits per heavy atom. The molecule has 0 aromatic heterocycles. The average Bonchev–Trinajstić information content (AvgIpc) is 2.40. The minimum absolute atomic E-state index is 0.0312. The van der Waals surface area contributed by atoms with Gasteiger partial charge in [0.25, 0.3) is 0 Å². The maximum Gasteiger partial charge on any atom is 0.237 e. The molecule has 1 fully saturated rings. The summed E-state index contributed by atoms with van der Waals surface area (Å²) >= 11 is 0. The summed E-state index contributed by atoms with van der Waals surface area (Å²) < 4.78 is 0. The van der Waals surface area contributed by atoms with Crippen molar-refractivity contribution in [3.63, 3.8) is 0 Å². The average molecular weight is 260 g/mol.